The van der Waals surface area contributed by atoms with Crippen LogP contribution in [-0.2, 0) is 14.3 Å². The molecule has 1 atom stereocenters. The molecule has 2 aliphatic rings. The smallest absolute Gasteiger partial charge is 0.411 e. The first-order valence-corrected chi connectivity index (χ1v) is 13.0. The molecule has 138 valence electrons. The van der Waals surface area contributed by atoms with E-state index in [0.29, 0.717) is 19.1 Å². The third-order valence-electron chi connectivity index (χ3n) is 5.48. The zero-order valence-electron chi connectivity index (χ0n) is 16.1. The van der Waals surface area contributed by atoms with Crippen LogP contribution >= 0.6 is 0 Å². The summed E-state index contributed by atoms with van der Waals surface area (Å²) in [4.78, 5) is 27.5. The Morgan fingerprint density at radius 2 is 1.62 bits per heavy atom. The van der Waals surface area contributed by atoms with E-state index in [1.807, 2.05) is 13.8 Å². The minimum Gasteiger partial charge on any atom is -0.464 e. The molecule has 2 fully saturated rings. The van der Waals surface area contributed by atoms with E-state index >= 15 is 0 Å². The minimum atomic E-state index is -1.61. The molecule has 5 nitrogen and oxygen atoms in total. The molecule has 1 heterocycles. The van der Waals surface area contributed by atoms with E-state index in [4.69, 9.17) is 9.47 Å². The molecular formula is C18H33NO4Si. The highest BCUT2D eigenvalue weighted by Crippen LogP contribution is 2.64. The van der Waals surface area contributed by atoms with Crippen LogP contribution in [0.25, 0.3) is 0 Å². The van der Waals surface area contributed by atoms with Crippen LogP contribution in [0.15, 0.2) is 0 Å². The first-order valence-electron chi connectivity index (χ1n) is 9.29. The summed E-state index contributed by atoms with van der Waals surface area (Å²) in [6.45, 7) is 13.3. The average Bonchev–Trinajstić information content (AvgIpc) is 3.03. The minimum absolute atomic E-state index is 0.227. The number of hydrogen-bond acceptors (Lipinski definition) is 4. The van der Waals surface area contributed by atoms with E-state index in [-0.39, 0.29) is 12.1 Å². The van der Waals surface area contributed by atoms with Crippen molar-refractivity contribution >= 4 is 20.1 Å². The van der Waals surface area contributed by atoms with Crippen molar-refractivity contribution in [2.45, 2.75) is 83.2 Å². The number of nitrogens with zero attached hydrogens (tertiary/aromatic N) is 1. The topological polar surface area (TPSA) is 55.6 Å². The summed E-state index contributed by atoms with van der Waals surface area (Å²) in [5.41, 5.74) is -1.20. The van der Waals surface area contributed by atoms with Gasteiger partial charge in [0.25, 0.3) is 0 Å². The molecular weight excluding hydrogens is 322 g/mol. The zero-order valence-corrected chi connectivity index (χ0v) is 17.1. The summed E-state index contributed by atoms with van der Waals surface area (Å²) in [6.07, 6.45) is 3.48. The quantitative estimate of drug-likeness (QED) is 0.424. The second-order valence-corrected chi connectivity index (χ2v) is 14.0. The molecule has 1 saturated carbocycles. The molecule has 0 aromatic heterocycles. The van der Waals surface area contributed by atoms with Gasteiger partial charge in [0.1, 0.15) is 0 Å². The van der Waals surface area contributed by atoms with Crippen molar-refractivity contribution in [3.63, 3.8) is 0 Å². The van der Waals surface area contributed by atoms with Crippen molar-refractivity contribution in [1.82, 2.24) is 4.90 Å². The van der Waals surface area contributed by atoms with Crippen molar-refractivity contribution in [2.24, 2.45) is 5.92 Å². The van der Waals surface area contributed by atoms with Gasteiger partial charge in [0.15, 0.2) is 5.54 Å². The lowest BCUT2D eigenvalue weighted by atomic mass is 9.76. The predicted molar refractivity (Wildman–Crippen MR) is 96.7 cm³/mol. The number of carbonyl (C=O) groups is 2. The Morgan fingerprint density at radius 3 is 2.08 bits per heavy atom. The summed E-state index contributed by atoms with van der Waals surface area (Å²) < 4.78 is 10.8. The van der Waals surface area contributed by atoms with Crippen LogP contribution in [-0.4, -0.2) is 49.3 Å². The van der Waals surface area contributed by atoms with Crippen molar-refractivity contribution < 1.29 is 19.1 Å². The predicted octanol–water partition coefficient (Wildman–Crippen LogP) is 4.05. The highest BCUT2D eigenvalue weighted by molar-refractivity contribution is 6.76. The molecule has 6 heteroatoms. The van der Waals surface area contributed by atoms with E-state index < -0.39 is 19.2 Å². The second-order valence-electron chi connectivity index (χ2n) is 8.57. The van der Waals surface area contributed by atoms with Crippen LogP contribution in [0.2, 0.25) is 25.7 Å². The van der Waals surface area contributed by atoms with Crippen LogP contribution in [0.5, 0.6) is 0 Å². The first-order chi connectivity index (χ1) is 11.1. The van der Waals surface area contributed by atoms with Crippen molar-refractivity contribution in [1.29, 1.82) is 0 Å². The molecule has 0 N–H and O–H groups in total. The maximum Gasteiger partial charge on any atom is 0.411 e. The number of rotatable bonds is 5. The van der Waals surface area contributed by atoms with E-state index in [9.17, 15) is 9.59 Å². The van der Waals surface area contributed by atoms with Crippen molar-refractivity contribution in [2.75, 3.05) is 13.2 Å². The largest absolute Gasteiger partial charge is 0.464 e. The number of amides is 1. The summed E-state index contributed by atoms with van der Waals surface area (Å²) >= 11 is 0. The van der Waals surface area contributed by atoms with Gasteiger partial charge in [-0.3, -0.25) is 4.90 Å². The molecule has 1 unspecified atom stereocenters. The Hall–Kier alpha value is -1.04. The number of ether oxygens (including phenoxy) is 2. The SMILES string of the molecule is CCOC(=O)N1C2(CCC(C)CC2)C1(C[Si](C)(C)C)C(=O)OCC. The Bertz CT molecular complexity index is 494. The molecule has 1 saturated heterocycles. The van der Waals surface area contributed by atoms with Crippen LogP contribution in [0.4, 0.5) is 4.79 Å². The van der Waals surface area contributed by atoms with Crippen molar-refractivity contribution in [3.05, 3.63) is 0 Å². The van der Waals surface area contributed by atoms with E-state index in [2.05, 4.69) is 26.6 Å². The fourth-order valence-corrected chi connectivity index (χ4v) is 6.69. The van der Waals surface area contributed by atoms with Crippen LogP contribution in [0.3, 0.4) is 0 Å². The van der Waals surface area contributed by atoms with Gasteiger partial charge in [-0.25, -0.2) is 9.59 Å². The van der Waals surface area contributed by atoms with Crippen LogP contribution < -0.4 is 0 Å². The molecule has 0 aromatic rings. The highest BCUT2D eigenvalue weighted by Gasteiger charge is 2.82. The van der Waals surface area contributed by atoms with Gasteiger partial charge in [-0.15, -0.1) is 0 Å². The lowest BCUT2D eigenvalue weighted by molar-refractivity contribution is -0.147. The molecule has 0 radical (unpaired) electrons. The molecule has 1 aliphatic carbocycles. The normalized spacial score (nSPS) is 32.6. The second kappa shape index (κ2) is 6.69. The molecule has 1 amide bonds. The summed E-state index contributed by atoms with van der Waals surface area (Å²) in [6, 6.07) is 0.742. The fourth-order valence-electron chi connectivity index (χ4n) is 4.52. The molecule has 0 aromatic carbocycles. The third-order valence-corrected chi connectivity index (χ3v) is 7.05. The van der Waals surface area contributed by atoms with Gasteiger partial charge in [-0.2, -0.15) is 0 Å². The van der Waals surface area contributed by atoms with Crippen LogP contribution in [0.1, 0.15) is 46.5 Å². The van der Waals surface area contributed by atoms with Crippen molar-refractivity contribution in [3.8, 4) is 0 Å². The lowest BCUT2D eigenvalue weighted by Gasteiger charge is -2.30. The monoisotopic (exact) mass is 355 g/mol. The first kappa shape index (κ1) is 19.3. The van der Waals surface area contributed by atoms with E-state index in [1.54, 1.807) is 4.90 Å². The number of esters is 1. The van der Waals surface area contributed by atoms with Gasteiger partial charge >= 0.3 is 12.1 Å². The van der Waals surface area contributed by atoms with Gasteiger partial charge in [0, 0.05) is 8.07 Å². The Kier molecular flexibility index (Phi) is 5.38. The lowest BCUT2D eigenvalue weighted by Crippen LogP contribution is -2.44. The summed E-state index contributed by atoms with van der Waals surface area (Å²) in [5.74, 6) is 0.419. The number of hydrogen-bond donors (Lipinski definition) is 0. The highest BCUT2D eigenvalue weighted by atomic mass is 28.3. The average molecular weight is 356 g/mol. The van der Waals surface area contributed by atoms with Crippen LogP contribution in [0, 0.1) is 5.92 Å². The molecule has 1 spiro atoms. The molecule has 2 rings (SSSR count). The van der Waals surface area contributed by atoms with Gasteiger partial charge in [-0.05, 0) is 51.5 Å². The maximum absolute atomic E-state index is 13.0. The molecule has 0 bridgehead atoms. The van der Waals surface area contributed by atoms with Gasteiger partial charge in [0.05, 0.1) is 18.8 Å². The van der Waals surface area contributed by atoms with Gasteiger partial charge in [-0.1, -0.05) is 26.6 Å². The fraction of sp³-hybridized carbons (Fsp3) is 0.889. The molecule has 24 heavy (non-hydrogen) atoms. The summed E-state index contributed by atoms with van der Waals surface area (Å²) in [7, 11) is -1.61. The number of carbonyl (C=O) groups excluding carboxylic acids is 2. The van der Waals surface area contributed by atoms with E-state index in [1.165, 1.54) is 0 Å². The summed E-state index contributed by atoms with van der Waals surface area (Å²) in [5, 5.41) is 0. The Balaban J connectivity index is 2.43. The van der Waals surface area contributed by atoms with E-state index in [0.717, 1.165) is 31.7 Å². The molecule has 1 aliphatic heterocycles. The zero-order chi connectivity index (χ0) is 18.2. The maximum atomic E-state index is 13.0. The Labute approximate surface area is 147 Å². The standard InChI is InChI=1S/C18H33NO4Si/c1-7-22-15(20)18(13-24(4,5)6)17(11-9-14(3)10-12-17)19(18)16(21)23-8-2/h14H,7-13H2,1-6H3. The van der Waals surface area contributed by atoms with Gasteiger partial charge in [0.2, 0.25) is 0 Å². The Morgan fingerprint density at radius 1 is 1.08 bits per heavy atom. The third kappa shape index (κ3) is 3.09. The van der Waals surface area contributed by atoms with Gasteiger partial charge < -0.3 is 9.47 Å².